The summed E-state index contributed by atoms with van der Waals surface area (Å²) in [6.45, 7) is 2.52. The number of likely N-dealkylation sites (tertiary alicyclic amines) is 1. The molecule has 2 amide bonds. The lowest BCUT2D eigenvalue weighted by molar-refractivity contribution is -0.119. The Morgan fingerprint density at radius 3 is 2.91 bits per heavy atom. The Morgan fingerprint density at radius 2 is 2.18 bits per heavy atom. The number of hydrogen-bond donors (Lipinski definition) is 1. The van der Waals surface area contributed by atoms with Crippen molar-refractivity contribution in [3.05, 3.63) is 47.0 Å². The molecule has 2 heterocycles. The summed E-state index contributed by atoms with van der Waals surface area (Å²) in [7, 11) is 0. The van der Waals surface area contributed by atoms with Crippen molar-refractivity contribution in [2.24, 2.45) is 0 Å². The molecular formula is C16H17N3O2S. The second kappa shape index (κ2) is 6.27. The van der Waals surface area contributed by atoms with Crippen molar-refractivity contribution in [3.8, 4) is 0 Å². The van der Waals surface area contributed by atoms with Crippen molar-refractivity contribution in [3.63, 3.8) is 0 Å². The van der Waals surface area contributed by atoms with E-state index in [-0.39, 0.29) is 11.8 Å². The van der Waals surface area contributed by atoms with Crippen LogP contribution in [0, 0.1) is 6.92 Å². The standard InChI is InChI=1S/C16H17N3O2S/c1-11-5-2-3-6-12(11)15(21)19-9-4-7-13(19)14(20)18-16-17-8-10-22-16/h2-3,5-6,8,10,13H,4,7,9H2,1H3,(H,17,18,20). The molecule has 2 aromatic rings. The van der Waals surface area contributed by atoms with Crippen molar-refractivity contribution in [2.45, 2.75) is 25.8 Å². The van der Waals surface area contributed by atoms with Gasteiger partial charge in [-0.05, 0) is 31.4 Å². The second-order valence-electron chi connectivity index (χ2n) is 5.30. The van der Waals surface area contributed by atoms with Gasteiger partial charge in [0.05, 0.1) is 0 Å². The van der Waals surface area contributed by atoms with Gasteiger partial charge in [0.2, 0.25) is 5.91 Å². The largest absolute Gasteiger partial charge is 0.327 e. The van der Waals surface area contributed by atoms with Gasteiger partial charge in [-0.25, -0.2) is 4.98 Å². The number of benzene rings is 1. The lowest BCUT2D eigenvalue weighted by Crippen LogP contribution is -2.43. The smallest absolute Gasteiger partial charge is 0.254 e. The van der Waals surface area contributed by atoms with Crippen molar-refractivity contribution in [2.75, 3.05) is 11.9 Å². The van der Waals surface area contributed by atoms with Gasteiger partial charge in [0.1, 0.15) is 6.04 Å². The lowest BCUT2D eigenvalue weighted by atomic mass is 10.1. The number of hydrogen-bond acceptors (Lipinski definition) is 4. The first-order valence-electron chi connectivity index (χ1n) is 7.24. The maximum Gasteiger partial charge on any atom is 0.254 e. The Bertz CT molecular complexity index is 684. The second-order valence-corrected chi connectivity index (χ2v) is 6.19. The van der Waals surface area contributed by atoms with E-state index in [4.69, 9.17) is 0 Å². The third kappa shape index (κ3) is 2.87. The van der Waals surface area contributed by atoms with Crippen LogP contribution in [0.5, 0.6) is 0 Å². The first kappa shape index (κ1) is 14.7. The zero-order chi connectivity index (χ0) is 15.5. The van der Waals surface area contributed by atoms with Gasteiger partial charge < -0.3 is 10.2 Å². The molecule has 114 valence electrons. The third-order valence-electron chi connectivity index (χ3n) is 3.85. The average molecular weight is 315 g/mol. The Morgan fingerprint density at radius 1 is 1.36 bits per heavy atom. The van der Waals surface area contributed by atoms with E-state index in [0.717, 1.165) is 12.0 Å². The number of anilines is 1. The number of aryl methyl sites for hydroxylation is 1. The molecule has 0 bridgehead atoms. The molecule has 1 unspecified atom stereocenters. The van der Waals surface area contributed by atoms with E-state index in [9.17, 15) is 9.59 Å². The molecule has 0 aliphatic carbocycles. The van der Waals surface area contributed by atoms with Crippen molar-refractivity contribution < 1.29 is 9.59 Å². The lowest BCUT2D eigenvalue weighted by Gasteiger charge is -2.24. The van der Waals surface area contributed by atoms with Crippen LogP contribution >= 0.6 is 11.3 Å². The van der Waals surface area contributed by atoms with Crippen LogP contribution in [-0.4, -0.2) is 34.3 Å². The van der Waals surface area contributed by atoms with Gasteiger partial charge in [0.25, 0.3) is 5.91 Å². The van der Waals surface area contributed by atoms with Gasteiger partial charge in [-0.15, -0.1) is 11.3 Å². The summed E-state index contributed by atoms with van der Waals surface area (Å²) in [4.78, 5) is 30.8. The van der Waals surface area contributed by atoms with Crippen LogP contribution in [0.4, 0.5) is 5.13 Å². The van der Waals surface area contributed by atoms with Crippen LogP contribution in [0.1, 0.15) is 28.8 Å². The van der Waals surface area contributed by atoms with Gasteiger partial charge in [-0.3, -0.25) is 9.59 Å². The van der Waals surface area contributed by atoms with Crippen LogP contribution in [0.25, 0.3) is 0 Å². The summed E-state index contributed by atoms with van der Waals surface area (Å²) in [6, 6.07) is 7.06. The molecule has 1 aliphatic heterocycles. The summed E-state index contributed by atoms with van der Waals surface area (Å²) >= 11 is 1.37. The minimum Gasteiger partial charge on any atom is -0.327 e. The van der Waals surface area contributed by atoms with Crippen molar-refractivity contribution in [1.82, 2.24) is 9.88 Å². The monoisotopic (exact) mass is 315 g/mol. The van der Waals surface area contributed by atoms with Crippen molar-refractivity contribution in [1.29, 1.82) is 0 Å². The quantitative estimate of drug-likeness (QED) is 0.947. The molecule has 1 saturated heterocycles. The normalized spacial score (nSPS) is 17.5. The highest BCUT2D eigenvalue weighted by molar-refractivity contribution is 7.13. The molecule has 0 saturated carbocycles. The minimum atomic E-state index is -0.420. The molecule has 1 fully saturated rings. The zero-order valence-electron chi connectivity index (χ0n) is 12.3. The van der Waals surface area contributed by atoms with Crippen LogP contribution in [0.2, 0.25) is 0 Å². The maximum absolute atomic E-state index is 12.7. The summed E-state index contributed by atoms with van der Waals surface area (Å²) in [6.07, 6.45) is 3.17. The van der Waals surface area contributed by atoms with E-state index in [1.54, 1.807) is 16.5 Å². The number of rotatable bonds is 3. The van der Waals surface area contributed by atoms with Gasteiger partial charge >= 0.3 is 0 Å². The molecule has 5 nitrogen and oxygen atoms in total. The fourth-order valence-corrected chi connectivity index (χ4v) is 3.26. The van der Waals surface area contributed by atoms with E-state index in [2.05, 4.69) is 10.3 Å². The number of thiazole rings is 1. The molecule has 3 rings (SSSR count). The van der Waals surface area contributed by atoms with Crippen LogP contribution in [0.15, 0.2) is 35.8 Å². The number of amides is 2. The molecular weight excluding hydrogens is 298 g/mol. The van der Waals surface area contributed by atoms with Gasteiger partial charge in [0.15, 0.2) is 5.13 Å². The first-order chi connectivity index (χ1) is 10.7. The first-order valence-corrected chi connectivity index (χ1v) is 8.12. The number of nitrogens with zero attached hydrogens (tertiary/aromatic N) is 2. The highest BCUT2D eigenvalue weighted by Gasteiger charge is 2.35. The fraction of sp³-hybridized carbons (Fsp3) is 0.312. The van der Waals surface area contributed by atoms with Crippen LogP contribution in [0.3, 0.4) is 0 Å². The van der Waals surface area contributed by atoms with E-state index < -0.39 is 6.04 Å². The summed E-state index contributed by atoms with van der Waals surface area (Å²) in [5.74, 6) is -0.232. The topological polar surface area (TPSA) is 62.3 Å². The summed E-state index contributed by atoms with van der Waals surface area (Å²) in [5.41, 5.74) is 1.59. The van der Waals surface area contributed by atoms with Gasteiger partial charge in [-0.1, -0.05) is 18.2 Å². The summed E-state index contributed by atoms with van der Waals surface area (Å²) in [5, 5.41) is 5.17. The molecule has 1 atom stereocenters. The minimum absolute atomic E-state index is 0.0742. The van der Waals surface area contributed by atoms with E-state index >= 15 is 0 Å². The molecule has 6 heteroatoms. The zero-order valence-corrected chi connectivity index (χ0v) is 13.1. The fourth-order valence-electron chi connectivity index (χ4n) is 2.72. The SMILES string of the molecule is Cc1ccccc1C(=O)N1CCCC1C(=O)Nc1nccs1. The maximum atomic E-state index is 12.7. The Kier molecular flexibility index (Phi) is 4.20. The number of aromatic nitrogens is 1. The predicted octanol–water partition coefficient (Wildman–Crippen LogP) is 2.69. The number of nitrogens with one attached hydrogen (secondary N) is 1. The molecule has 1 aromatic carbocycles. The molecule has 1 aromatic heterocycles. The molecule has 1 N–H and O–H groups in total. The Labute approximate surface area is 133 Å². The predicted molar refractivity (Wildman–Crippen MR) is 86.0 cm³/mol. The number of carbonyl (C=O) groups excluding carboxylic acids is 2. The van der Waals surface area contributed by atoms with Crippen molar-refractivity contribution >= 4 is 28.3 Å². The van der Waals surface area contributed by atoms with Gasteiger partial charge in [-0.2, -0.15) is 0 Å². The number of carbonyl (C=O) groups is 2. The average Bonchev–Trinajstić information content (AvgIpc) is 3.18. The molecule has 0 spiro atoms. The highest BCUT2D eigenvalue weighted by Crippen LogP contribution is 2.23. The van der Waals surface area contributed by atoms with Crippen LogP contribution < -0.4 is 5.32 Å². The molecule has 0 radical (unpaired) electrons. The van der Waals surface area contributed by atoms with Gasteiger partial charge in [0, 0.05) is 23.7 Å². The van der Waals surface area contributed by atoms with E-state index in [1.165, 1.54) is 11.3 Å². The van der Waals surface area contributed by atoms with E-state index in [0.29, 0.717) is 23.7 Å². The molecule has 22 heavy (non-hydrogen) atoms. The summed E-state index contributed by atoms with van der Waals surface area (Å²) < 4.78 is 0. The molecule has 1 aliphatic rings. The Hall–Kier alpha value is -2.21. The van der Waals surface area contributed by atoms with E-state index in [1.807, 2.05) is 31.2 Å². The van der Waals surface area contributed by atoms with Crippen LogP contribution in [-0.2, 0) is 4.79 Å². The highest BCUT2D eigenvalue weighted by atomic mass is 32.1. The third-order valence-corrected chi connectivity index (χ3v) is 4.54. The Balaban J connectivity index is 1.77.